The van der Waals surface area contributed by atoms with Gasteiger partial charge in [0.25, 0.3) is 5.89 Å². The normalized spacial score (nSPS) is 12.0. The molecular formula is C32H28N2O3. The first-order valence-electron chi connectivity index (χ1n) is 12.4. The zero-order chi connectivity index (χ0) is 25.9. The maximum Gasteiger partial charge on any atom is 0.262 e. The molecule has 0 amide bonds. The highest BCUT2D eigenvalue weighted by Gasteiger charge is 2.25. The third-order valence-electron chi connectivity index (χ3n) is 7.03. The number of aromatic hydroxyl groups is 1. The summed E-state index contributed by atoms with van der Waals surface area (Å²) in [4.78, 5) is 4.73. The smallest absolute Gasteiger partial charge is 0.262 e. The summed E-state index contributed by atoms with van der Waals surface area (Å²) in [7, 11) is 0. The van der Waals surface area contributed by atoms with E-state index >= 15 is 0 Å². The standard InChI is InChI=1S/C32H28N2O3/c1-18-10-8-11-19(2)27(18)30-33-31(37-34-30)25-17-20(32(3,4)5)16-24(28(25)35)23-14-9-13-22-21-12-6-7-15-26(21)36-29(22)23/h6-17,35H,1-5H3. The van der Waals surface area contributed by atoms with Gasteiger partial charge in [0, 0.05) is 27.5 Å². The van der Waals surface area contributed by atoms with Gasteiger partial charge in [-0.3, -0.25) is 0 Å². The summed E-state index contributed by atoms with van der Waals surface area (Å²) in [6.07, 6.45) is 0. The van der Waals surface area contributed by atoms with Crippen molar-refractivity contribution in [2.24, 2.45) is 0 Å². The van der Waals surface area contributed by atoms with E-state index in [4.69, 9.17) is 13.9 Å². The molecule has 37 heavy (non-hydrogen) atoms. The summed E-state index contributed by atoms with van der Waals surface area (Å²) >= 11 is 0. The number of hydrogen-bond donors (Lipinski definition) is 1. The molecule has 2 heterocycles. The number of aromatic nitrogens is 2. The Morgan fingerprint density at radius 3 is 2.19 bits per heavy atom. The molecular weight excluding hydrogens is 460 g/mol. The molecule has 5 nitrogen and oxygen atoms in total. The van der Waals surface area contributed by atoms with Gasteiger partial charge in [0.15, 0.2) is 0 Å². The van der Waals surface area contributed by atoms with Crippen LogP contribution in [0.4, 0.5) is 0 Å². The van der Waals surface area contributed by atoms with Crippen LogP contribution in [0, 0.1) is 13.8 Å². The molecule has 0 saturated carbocycles. The molecule has 6 rings (SSSR count). The summed E-state index contributed by atoms with van der Waals surface area (Å²) in [5.41, 5.74) is 7.45. The van der Waals surface area contributed by atoms with Crippen LogP contribution in [0.2, 0.25) is 0 Å². The van der Waals surface area contributed by atoms with Crippen molar-refractivity contribution in [3.8, 4) is 39.7 Å². The van der Waals surface area contributed by atoms with E-state index in [2.05, 4.69) is 32.0 Å². The van der Waals surface area contributed by atoms with Gasteiger partial charge in [0.1, 0.15) is 16.9 Å². The molecule has 0 atom stereocenters. The van der Waals surface area contributed by atoms with Crippen molar-refractivity contribution in [1.82, 2.24) is 10.1 Å². The molecule has 2 aromatic heterocycles. The zero-order valence-electron chi connectivity index (χ0n) is 21.6. The minimum absolute atomic E-state index is 0.0812. The molecule has 0 fully saturated rings. The number of fused-ring (bicyclic) bond motifs is 3. The molecule has 0 saturated heterocycles. The van der Waals surface area contributed by atoms with Crippen molar-refractivity contribution in [1.29, 1.82) is 0 Å². The minimum Gasteiger partial charge on any atom is -0.506 e. The quantitative estimate of drug-likeness (QED) is 0.270. The predicted octanol–water partition coefficient (Wildman–Crippen LogP) is 8.59. The molecule has 5 heteroatoms. The molecule has 0 radical (unpaired) electrons. The van der Waals surface area contributed by atoms with Crippen molar-refractivity contribution in [2.45, 2.75) is 40.0 Å². The molecule has 0 bridgehead atoms. The average Bonchev–Trinajstić information content (AvgIpc) is 3.48. The lowest BCUT2D eigenvalue weighted by molar-refractivity contribution is 0.425. The third-order valence-corrected chi connectivity index (χ3v) is 7.03. The van der Waals surface area contributed by atoms with Crippen LogP contribution in [-0.2, 0) is 5.41 Å². The van der Waals surface area contributed by atoms with Crippen LogP contribution >= 0.6 is 0 Å². The highest BCUT2D eigenvalue weighted by Crippen LogP contribution is 2.45. The van der Waals surface area contributed by atoms with E-state index in [1.807, 2.05) is 80.6 Å². The lowest BCUT2D eigenvalue weighted by Gasteiger charge is -2.22. The predicted molar refractivity (Wildman–Crippen MR) is 148 cm³/mol. The molecule has 1 N–H and O–H groups in total. The lowest BCUT2D eigenvalue weighted by Crippen LogP contribution is -2.11. The summed E-state index contributed by atoms with van der Waals surface area (Å²) in [5, 5.41) is 18.0. The van der Waals surface area contributed by atoms with Gasteiger partial charge in [-0.25, -0.2) is 0 Å². The van der Waals surface area contributed by atoms with Gasteiger partial charge in [0.05, 0.1) is 5.56 Å². The molecule has 0 aliphatic carbocycles. The van der Waals surface area contributed by atoms with Crippen molar-refractivity contribution in [3.63, 3.8) is 0 Å². The van der Waals surface area contributed by atoms with Crippen molar-refractivity contribution >= 4 is 21.9 Å². The van der Waals surface area contributed by atoms with E-state index in [-0.39, 0.29) is 17.1 Å². The first-order chi connectivity index (χ1) is 17.7. The fourth-order valence-electron chi connectivity index (χ4n) is 5.00. The summed E-state index contributed by atoms with van der Waals surface area (Å²) in [5.74, 6) is 0.865. The van der Waals surface area contributed by atoms with Crippen LogP contribution in [0.15, 0.2) is 81.7 Å². The minimum atomic E-state index is -0.186. The summed E-state index contributed by atoms with van der Waals surface area (Å²) in [6.45, 7) is 10.5. The topological polar surface area (TPSA) is 72.3 Å². The van der Waals surface area contributed by atoms with E-state index in [0.29, 0.717) is 17.0 Å². The van der Waals surface area contributed by atoms with Gasteiger partial charge in [-0.1, -0.05) is 80.5 Å². The molecule has 0 aliphatic heterocycles. The number of nitrogens with zero attached hydrogens (tertiary/aromatic N) is 2. The Balaban J connectivity index is 1.59. The second-order valence-corrected chi connectivity index (χ2v) is 10.6. The molecule has 184 valence electrons. The number of rotatable bonds is 3. The second-order valence-electron chi connectivity index (χ2n) is 10.6. The first-order valence-corrected chi connectivity index (χ1v) is 12.4. The van der Waals surface area contributed by atoms with Crippen molar-refractivity contribution < 1.29 is 14.0 Å². The Hall–Kier alpha value is -4.38. The van der Waals surface area contributed by atoms with E-state index in [1.165, 1.54) is 0 Å². The van der Waals surface area contributed by atoms with Crippen molar-refractivity contribution in [3.05, 3.63) is 89.5 Å². The number of para-hydroxylation sites is 2. The number of furan rings is 1. The van der Waals surface area contributed by atoms with E-state index < -0.39 is 0 Å². The summed E-state index contributed by atoms with van der Waals surface area (Å²) in [6, 6.07) is 24.0. The monoisotopic (exact) mass is 488 g/mol. The van der Waals surface area contributed by atoms with E-state index in [0.717, 1.165) is 49.8 Å². The largest absolute Gasteiger partial charge is 0.506 e. The Morgan fingerprint density at radius 1 is 0.757 bits per heavy atom. The zero-order valence-corrected chi connectivity index (χ0v) is 21.6. The maximum absolute atomic E-state index is 11.6. The average molecular weight is 489 g/mol. The Bertz CT molecular complexity index is 1780. The van der Waals surface area contributed by atoms with Gasteiger partial charge in [0.2, 0.25) is 5.82 Å². The first kappa shape index (κ1) is 23.0. The molecule has 4 aromatic carbocycles. The number of aryl methyl sites for hydroxylation is 2. The van der Waals surface area contributed by atoms with Crippen LogP contribution in [-0.4, -0.2) is 15.2 Å². The summed E-state index contributed by atoms with van der Waals surface area (Å²) < 4.78 is 12.0. The third kappa shape index (κ3) is 3.78. The Labute approximate surface area is 215 Å². The van der Waals surface area contributed by atoms with Crippen LogP contribution < -0.4 is 0 Å². The number of phenolic OH excluding ortho intramolecular Hbond substituents is 1. The molecule has 0 aliphatic rings. The van der Waals surface area contributed by atoms with E-state index in [9.17, 15) is 5.11 Å². The van der Waals surface area contributed by atoms with Gasteiger partial charge in [-0.05, 0) is 54.2 Å². The lowest BCUT2D eigenvalue weighted by atomic mass is 9.83. The molecule has 0 unspecified atom stereocenters. The number of hydrogen-bond acceptors (Lipinski definition) is 5. The van der Waals surface area contributed by atoms with Crippen LogP contribution in [0.5, 0.6) is 5.75 Å². The van der Waals surface area contributed by atoms with Crippen LogP contribution in [0.25, 0.3) is 55.9 Å². The number of phenols is 1. The highest BCUT2D eigenvalue weighted by molar-refractivity contribution is 6.10. The fourth-order valence-corrected chi connectivity index (χ4v) is 5.00. The van der Waals surface area contributed by atoms with Crippen molar-refractivity contribution in [2.75, 3.05) is 0 Å². The van der Waals surface area contributed by atoms with Gasteiger partial charge < -0.3 is 14.0 Å². The highest BCUT2D eigenvalue weighted by atomic mass is 16.5. The fraction of sp³-hybridized carbons (Fsp3) is 0.188. The van der Waals surface area contributed by atoms with Gasteiger partial charge in [-0.15, -0.1) is 0 Å². The molecule has 6 aromatic rings. The Kier molecular flexibility index (Phi) is 5.19. The van der Waals surface area contributed by atoms with Crippen LogP contribution in [0.3, 0.4) is 0 Å². The van der Waals surface area contributed by atoms with Gasteiger partial charge >= 0.3 is 0 Å². The van der Waals surface area contributed by atoms with Crippen LogP contribution in [0.1, 0.15) is 37.5 Å². The maximum atomic E-state index is 11.6. The molecule has 0 spiro atoms. The number of benzene rings is 4. The SMILES string of the molecule is Cc1cccc(C)c1-c1noc(-c2cc(C(C)(C)C)cc(-c3cccc4c3oc3ccccc34)c2O)n1. The Morgan fingerprint density at radius 2 is 1.43 bits per heavy atom. The van der Waals surface area contributed by atoms with E-state index in [1.54, 1.807) is 0 Å². The second kappa shape index (κ2) is 8.34. The van der Waals surface area contributed by atoms with Gasteiger partial charge in [-0.2, -0.15) is 4.98 Å².